The largest absolute Gasteiger partial charge is 0.465 e. The number of nitrogens with two attached hydrogens (primary N) is 1. The van der Waals surface area contributed by atoms with Crippen LogP contribution in [0.4, 0.5) is 0 Å². The van der Waals surface area contributed by atoms with Crippen molar-refractivity contribution in [2.24, 2.45) is 5.73 Å². The molecule has 0 saturated heterocycles. The third kappa shape index (κ3) is 4.66. The number of aromatic nitrogens is 1. The Morgan fingerprint density at radius 1 is 1.61 bits per heavy atom. The Bertz CT molecular complexity index is 382. The topological polar surface area (TPSA) is 65.2 Å². The summed E-state index contributed by atoms with van der Waals surface area (Å²) in [5, 5.41) is 1.13. The molecule has 0 amide bonds. The number of thioether (sulfide) groups is 1. The van der Waals surface area contributed by atoms with Gasteiger partial charge in [-0.25, -0.2) is 4.98 Å². The lowest BCUT2D eigenvalue weighted by Crippen LogP contribution is -2.47. The first-order chi connectivity index (χ1) is 8.45. The van der Waals surface area contributed by atoms with Crippen LogP contribution >= 0.6 is 11.8 Å². The van der Waals surface area contributed by atoms with Crippen LogP contribution in [0.1, 0.15) is 27.2 Å². The van der Waals surface area contributed by atoms with Crippen LogP contribution in [0.5, 0.6) is 0 Å². The van der Waals surface area contributed by atoms with Crippen molar-refractivity contribution in [1.29, 1.82) is 0 Å². The zero-order valence-corrected chi connectivity index (χ0v) is 11.9. The second kappa shape index (κ2) is 6.75. The third-order valence-corrected chi connectivity index (χ3v) is 3.46. The van der Waals surface area contributed by atoms with Crippen molar-refractivity contribution in [1.82, 2.24) is 4.98 Å². The van der Waals surface area contributed by atoms with E-state index in [-0.39, 0.29) is 11.2 Å². The van der Waals surface area contributed by atoms with Gasteiger partial charge < -0.3 is 10.5 Å². The number of esters is 1. The van der Waals surface area contributed by atoms with Crippen LogP contribution in [0.25, 0.3) is 0 Å². The normalized spacial score (nSPS) is 15.8. The van der Waals surface area contributed by atoms with E-state index in [4.69, 9.17) is 10.5 Å². The third-order valence-electron chi connectivity index (χ3n) is 2.41. The van der Waals surface area contributed by atoms with Crippen LogP contribution in [0.2, 0.25) is 0 Å². The number of nitrogens with zero attached hydrogens (tertiary/aromatic N) is 1. The molecule has 1 aromatic rings. The molecule has 2 atom stereocenters. The van der Waals surface area contributed by atoms with Gasteiger partial charge in [-0.05, 0) is 32.4 Å². The number of carbonyl (C=O) groups is 1. The summed E-state index contributed by atoms with van der Waals surface area (Å²) >= 11 is 1.61. The van der Waals surface area contributed by atoms with Crippen molar-refractivity contribution in [2.45, 2.75) is 43.0 Å². The number of hydrogen-bond acceptors (Lipinski definition) is 5. The Balaban J connectivity index is 2.53. The van der Waals surface area contributed by atoms with E-state index < -0.39 is 5.54 Å². The lowest BCUT2D eigenvalue weighted by atomic mass is 9.98. The van der Waals surface area contributed by atoms with E-state index in [0.717, 1.165) is 5.03 Å². The zero-order valence-electron chi connectivity index (χ0n) is 11.1. The molecule has 18 heavy (non-hydrogen) atoms. The van der Waals surface area contributed by atoms with Crippen molar-refractivity contribution in [3.8, 4) is 0 Å². The Labute approximate surface area is 112 Å². The van der Waals surface area contributed by atoms with Crippen LogP contribution in [0.3, 0.4) is 0 Å². The van der Waals surface area contributed by atoms with Gasteiger partial charge in [0.15, 0.2) is 0 Å². The van der Waals surface area contributed by atoms with Crippen LogP contribution in [-0.4, -0.2) is 28.3 Å². The standard InChI is InChI=1S/C13H20N2O2S/c1-4-17-12(16)13(3,14)9-10(2)18-11-7-5-6-8-15-11/h5-8,10H,4,9,14H2,1-3H3. The lowest BCUT2D eigenvalue weighted by molar-refractivity contribution is -0.149. The second-order valence-corrected chi connectivity index (χ2v) is 5.90. The van der Waals surface area contributed by atoms with Crippen molar-refractivity contribution >= 4 is 17.7 Å². The fourth-order valence-corrected chi connectivity index (χ4v) is 2.76. The Morgan fingerprint density at radius 3 is 2.89 bits per heavy atom. The highest BCUT2D eigenvalue weighted by molar-refractivity contribution is 7.99. The molecule has 0 aliphatic rings. The molecule has 2 unspecified atom stereocenters. The summed E-state index contributed by atoms with van der Waals surface area (Å²) in [6.07, 6.45) is 2.30. The Kier molecular flexibility index (Phi) is 5.62. The van der Waals surface area contributed by atoms with Gasteiger partial charge in [0, 0.05) is 11.4 Å². The molecule has 100 valence electrons. The van der Waals surface area contributed by atoms with Gasteiger partial charge in [-0.15, -0.1) is 11.8 Å². The molecule has 0 aliphatic heterocycles. The van der Waals surface area contributed by atoms with E-state index in [9.17, 15) is 4.79 Å². The molecule has 0 aromatic carbocycles. The summed E-state index contributed by atoms with van der Waals surface area (Å²) in [6.45, 7) is 5.87. The highest BCUT2D eigenvalue weighted by atomic mass is 32.2. The van der Waals surface area contributed by atoms with Crippen LogP contribution < -0.4 is 5.73 Å². The molecule has 1 aromatic heterocycles. The van der Waals surface area contributed by atoms with E-state index in [1.807, 2.05) is 25.1 Å². The summed E-state index contributed by atoms with van der Waals surface area (Å²) < 4.78 is 4.97. The molecule has 0 aliphatic carbocycles. The maximum Gasteiger partial charge on any atom is 0.325 e. The predicted molar refractivity (Wildman–Crippen MR) is 73.4 cm³/mol. The minimum Gasteiger partial charge on any atom is -0.465 e. The molecule has 4 nitrogen and oxygen atoms in total. The highest BCUT2D eigenvalue weighted by Crippen LogP contribution is 2.26. The number of hydrogen-bond donors (Lipinski definition) is 1. The van der Waals surface area contributed by atoms with E-state index in [1.165, 1.54) is 0 Å². The fraction of sp³-hybridized carbons (Fsp3) is 0.538. The first-order valence-corrected chi connectivity index (χ1v) is 6.87. The Morgan fingerprint density at radius 2 is 2.33 bits per heavy atom. The zero-order chi connectivity index (χ0) is 13.6. The summed E-state index contributed by atoms with van der Waals surface area (Å²) in [5.74, 6) is -0.349. The second-order valence-electron chi connectivity index (χ2n) is 4.44. The van der Waals surface area contributed by atoms with Crippen LogP contribution in [-0.2, 0) is 9.53 Å². The smallest absolute Gasteiger partial charge is 0.325 e. The first kappa shape index (κ1) is 15.0. The summed E-state index contributed by atoms with van der Waals surface area (Å²) in [7, 11) is 0. The molecule has 0 bridgehead atoms. The quantitative estimate of drug-likeness (QED) is 0.633. The average Bonchev–Trinajstić information content (AvgIpc) is 2.29. The molecule has 0 radical (unpaired) electrons. The van der Waals surface area contributed by atoms with Crippen LogP contribution in [0.15, 0.2) is 29.4 Å². The summed E-state index contributed by atoms with van der Waals surface area (Å²) in [4.78, 5) is 15.9. The van der Waals surface area contributed by atoms with Crippen LogP contribution in [0, 0.1) is 0 Å². The molecule has 5 heteroatoms. The number of rotatable bonds is 6. The highest BCUT2D eigenvalue weighted by Gasteiger charge is 2.32. The van der Waals surface area contributed by atoms with Crippen molar-refractivity contribution < 1.29 is 9.53 Å². The van der Waals surface area contributed by atoms with Gasteiger partial charge in [-0.1, -0.05) is 13.0 Å². The number of ether oxygens (including phenoxy) is 1. The first-order valence-electron chi connectivity index (χ1n) is 5.99. The number of pyridine rings is 1. The van der Waals surface area contributed by atoms with Gasteiger partial charge >= 0.3 is 5.97 Å². The molecule has 2 N–H and O–H groups in total. The predicted octanol–water partition coefficient (Wildman–Crippen LogP) is 2.23. The summed E-state index contributed by atoms with van der Waals surface area (Å²) in [6, 6.07) is 5.76. The van der Waals surface area contributed by atoms with E-state index >= 15 is 0 Å². The number of carbonyl (C=O) groups excluding carboxylic acids is 1. The maximum absolute atomic E-state index is 11.7. The molecule has 0 spiro atoms. The minimum absolute atomic E-state index is 0.194. The van der Waals surface area contributed by atoms with Crippen molar-refractivity contribution in [2.75, 3.05) is 6.61 Å². The lowest BCUT2D eigenvalue weighted by Gasteiger charge is -2.25. The molecule has 1 heterocycles. The van der Waals surface area contributed by atoms with E-state index in [1.54, 1.807) is 31.8 Å². The Hall–Kier alpha value is -1.07. The molecular formula is C13H20N2O2S. The average molecular weight is 268 g/mol. The maximum atomic E-state index is 11.7. The molecule has 1 rings (SSSR count). The monoisotopic (exact) mass is 268 g/mol. The fourth-order valence-electron chi connectivity index (χ4n) is 1.64. The van der Waals surface area contributed by atoms with E-state index in [0.29, 0.717) is 13.0 Å². The molecule has 0 fully saturated rings. The van der Waals surface area contributed by atoms with Gasteiger partial charge in [0.2, 0.25) is 0 Å². The SMILES string of the molecule is CCOC(=O)C(C)(N)CC(C)Sc1ccccn1. The van der Waals surface area contributed by atoms with Crippen molar-refractivity contribution in [3.63, 3.8) is 0 Å². The van der Waals surface area contributed by atoms with Gasteiger partial charge in [-0.3, -0.25) is 4.79 Å². The van der Waals surface area contributed by atoms with Gasteiger partial charge in [-0.2, -0.15) is 0 Å². The van der Waals surface area contributed by atoms with E-state index in [2.05, 4.69) is 4.98 Å². The summed E-state index contributed by atoms with van der Waals surface area (Å²) in [5.41, 5.74) is 5.05. The van der Waals surface area contributed by atoms with Gasteiger partial charge in [0.1, 0.15) is 5.54 Å². The minimum atomic E-state index is -0.947. The van der Waals surface area contributed by atoms with Gasteiger partial charge in [0.05, 0.1) is 11.6 Å². The molecular weight excluding hydrogens is 248 g/mol. The van der Waals surface area contributed by atoms with Gasteiger partial charge in [0.25, 0.3) is 0 Å². The van der Waals surface area contributed by atoms with Crippen molar-refractivity contribution in [3.05, 3.63) is 24.4 Å². The molecule has 0 saturated carbocycles.